The topological polar surface area (TPSA) is 58.1 Å². The van der Waals surface area contributed by atoms with Gasteiger partial charge < -0.3 is 25.0 Å². The molecule has 3 unspecified atom stereocenters. The summed E-state index contributed by atoms with van der Waals surface area (Å²) in [5, 5.41) is 7.07. The summed E-state index contributed by atoms with van der Waals surface area (Å²) in [6.45, 7) is 13.9. The summed E-state index contributed by atoms with van der Waals surface area (Å²) in [5.41, 5.74) is 0.216. The predicted molar refractivity (Wildman–Crippen MR) is 103 cm³/mol. The second-order valence-electron chi connectivity index (χ2n) is 7.29. The Morgan fingerprint density at radius 2 is 2.04 bits per heavy atom. The van der Waals surface area contributed by atoms with Gasteiger partial charge in [0.2, 0.25) is 0 Å². The number of ether oxygens (including phenoxy) is 2. The Hall–Kier alpha value is -0.850. The van der Waals surface area contributed by atoms with Crippen molar-refractivity contribution in [3.63, 3.8) is 0 Å². The summed E-state index contributed by atoms with van der Waals surface area (Å²) in [6.07, 6.45) is 3.86. The molecule has 2 fully saturated rings. The Morgan fingerprint density at radius 1 is 1.28 bits per heavy atom. The lowest BCUT2D eigenvalue weighted by atomic mass is 9.58. The lowest BCUT2D eigenvalue weighted by molar-refractivity contribution is -0.133. The van der Waals surface area contributed by atoms with Gasteiger partial charge >= 0.3 is 0 Å². The van der Waals surface area contributed by atoms with Crippen LogP contribution in [0, 0.1) is 5.41 Å². The number of hydrogen-bond acceptors (Lipinski definition) is 4. The van der Waals surface area contributed by atoms with E-state index in [0.717, 1.165) is 58.1 Å². The Kier molecular flexibility index (Phi) is 7.97. The van der Waals surface area contributed by atoms with Crippen LogP contribution in [-0.2, 0) is 9.47 Å². The van der Waals surface area contributed by atoms with E-state index in [1.165, 1.54) is 0 Å². The van der Waals surface area contributed by atoms with E-state index >= 15 is 0 Å². The molecular weight excluding hydrogens is 316 g/mol. The van der Waals surface area contributed by atoms with Gasteiger partial charge in [-0.15, -0.1) is 0 Å². The number of rotatable bonds is 8. The van der Waals surface area contributed by atoms with Crippen molar-refractivity contribution >= 4 is 5.96 Å². The molecule has 2 rings (SSSR count). The molecule has 1 saturated heterocycles. The lowest BCUT2D eigenvalue weighted by Crippen LogP contribution is -2.65. The number of nitrogens with zero attached hydrogens (tertiary/aromatic N) is 2. The first-order valence-corrected chi connectivity index (χ1v) is 10.1. The summed E-state index contributed by atoms with van der Waals surface area (Å²) in [5.74, 6) is 0.908. The van der Waals surface area contributed by atoms with Gasteiger partial charge in [0.15, 0.2) is 5.96 Å². The number of likely N-dealkylation sites (N-methyl/N-ethyl adjacent to an activating group) is 1. The largest absolute Gasteiger partial charge is 0.378 e. The number of guanidine groups is 1. The summed E-state index contributed by atoms with van der Waals surface area (Å²) < 4.78 is 11.8. The van der Waals surface area contributed by atoms with E-state index in [2.05, 4.69) is 50.3 Å². The van der Waals surface area contributed by atoms with Crippen LogP contribution in [0.1, 0.15) is 47.0 Å². The van der Waals surface area contributed by atoms with Crippen molar-refractivity contribution in [2.75, 3.05) is 46.4 Å². The quantitative estimate of drug-likeness (QED) is 0.515. The average Bonchev–Trinajstić information content (AvgIpc) is 2.60. The van der Waals surface area contributed by atoms with Gasteiger partial charge in [-0.2, -0.15) is 0 Å². The smallest absolute Gasteiger partial charge is 0.191 e. The Balaban J connectivity index is 1.96. The number of hydrogen-bond donors (Lipinski definition) is 2. The third-order valence-electron chi connectivity index (χ3n) is 5.92. The SMILES string of the molecule is CCNC(=NCC1CN(C)CCO1)NC1CC(OCC)C1(CC)CC. The lowest BCUT2D eigenvalue weighted by Gasteiger charge is -2.55. The minimum Gasteiger partial charge on any atom is -0.378 e. The molecule has 25 heavy (non-hydrogen) atoms. The van der Waals surface area contributed by atoms with Gasteiger partial charge in [-0.1, -0.05) is 13.8 Å². The van der Waals surface area contributed by atoms with Crippen LogP contribution in [0.15, 0.2) is 4.99 Å². The molecule has 1 heterocycles. The molecule has 2 aliphatic rings. The summed E-state index contributed by atoms with van der Waals surface area (Å²) in [4.78, 5) is 7.11. The average molecular weight is 355 g/mol. The maximum absolute atomic E-state index is 5.99. The molecular formula is C19H38N4O2. The van der Waals surface area contributed by atoms with Crippen molar-refractivity contribution in [1.29, 1.82) is 0 Å². The Bertz CT molecular complexity index is 426. The highest BCUT2D eigenvalue weighted by Crippen LogP contribution is 2.48. The van der Waals surface area contributed by atoms with Crippen LogP contribution in [-0.4, -0.2) is 75.5 Å². The third-order valence-corrected chi connectivity index (χ3v) is 5.92. The molecule has 2 N–H and O–H groups in total. The van der Waals surface area contributed by atoms with Gasteiger partial charge in [0.1, 0.15) is 0 Å². The van der Waals surface area contributed by atoms with Crippen LogP contribution in [0.4, 0.5) is 0 Å². The predicted octanol–water partition coefficient (Wildman–Crippen LogP) is 1.86. The monoisotopic (exact) mass is 354 g/mol. The Labute approximate surface area is 153 Å². The van der Waals surface area contributed by atoms with E-state index in [4.69, 9.17) is 14.5 Å². The van der Waals surface area contributed by atoms with Crippen LogP contribution >= 0.6 is 0 Å². The summed E-state index contributed by atoms with van der Waals surface area (Å²) in [6, 6.07) is 0.423. The van der Waals surface area contributed by atoms with E-state index < -0.39 is 0 Å². The van der Waals surface area contributed by atoms with E-state index in [-0.39, 0.29) is 11.5 Å². The van der Waals surface area contributed by atoms with Crippen LogP contribution in [0.2, 0.25) is 0 Å². The van der Waals surface area contributed by atoms with Crippen LogP contribution < -0.4 is 10.6 Å². The molecule has 0 bridgehead atoms. The van der Waals surface area contributed by atoms with E-state index in [1.807, 2.05) is 0 Å². The second-order valence-corrected chi connectivity index (χ2v) is 7.29. The third kappa shape index (κ3) is 4.86. The molecule has 0 radical (unpaired) electrons. The highest BCUT2D eigenvalue weighted by Gasteiger charge is 2.53. The summed E-state index contributed by atoms with van der Waals surface area (Å²) in [7, 11) is 2.14. The number of morpholine rings is 1. The van der Waals surface area contributed by atoms with Gasteiger partial charge in [-0.3, -0.25) is 4.99 Å². The molecule has 0 aromatic carbocycles. The first kappa shape index (κ1) is 20.5. The van der Waals surface area contributed by atoms with E-state index in [1.54, 1.807) is 0 Å². The highest BCUT2D eigenvalue weighted by atomic mass is 16.5. The van der Waals surface area contributed by atoms with Gasteiger partial charge in [-0.25, -0.2) is 0 Å². The first-order chi connectivity index (χ1) is 12.1. The fourth-order valence-electron chi connectivity index (χ4n) is 4.24. The Morgan fingerprint density at radius 3 is 2.64 bits per heavy atom. The van der Waals surface area contributed by atoms with Crippen molar-refractivity contribution in [2.45, 2.75) is 65.2 Å². The van der Waals surface area contributed by atoms with Crippen molar-refractivity contribution in [3.05, 3.63) is 0 Å². The summed E-state index contributed by atoms with van der Waals surface area (Å²) >= 11 is 0. The van der Waals surface area contributed by atoms with Gasteiger partial charge in [0.25, 0.3) is 0 Å². The molecule has 146 valence electrons. The van der Waals surface area contributed by atoms with Gasteiger partial charge in [0, 0.05) is 37.7 Å². The van der Waals surface area contributed by atoms with Crippen LogP contribution in [0.25, 0.3) is 0 Å². The fraction of sp³-hybridized carbons (Fsp3) is 0.947. The fourth-order valence-corrected chi connectivity index (χ4v) is 4.24. The number of aliphatic imine (C=N–C) groups is 1. The minimum atomic E-state index is 0.189. The van der Waals surface area contributed by atoms with Crippen molar-refractivity contribution in [1.82, 2.24) is 15.5 Å². The standard InChI is InChI=1S/C19H38N4O2/c1-6-19(7-2)16(12-17(19)24-9-4)22-18(20-8-3)21-13-15-14-23(5)10-11-25-15/h15-17H,6-14H2,1-5H3,(H2,20,21,22). The normalized spacial score (nSPS) is 30.0. The van der Waals surface area contributed by atoms with Gasteiger partial charge in [-0.05, 0) is 40.2 Å². The molecule has 6 heteroatoms. The molecule has 0 aromatic heterocycles. The zero-order valence-corrected chi connectivity index (χ0v) is 16.8. The molecule has 1 saturated carbocycles. The second kappa shape index (κ2) is 9.74. The zero-order valence-electron chi connectivity index (χ0n) is 16.8. The first-order valence-electron chi connectivity index (χ1n) is 10.1. The molecule has 3 atom stereocenters. The van der Waals surface area contributed by atoms with E-state index in [0.29, 0.717) is 18.7 Å². The highest BCUT2D eigenvalue weighted by molar-refractivity contribution is 5.80. The molecule has 0 spiro atoms. The molecule has 0 aromatic rings. The zero-order chi connectivity index (χ0) is 18.3. The molecule has 1 aliphatic heterocycles. The van der Waals surface area contributed by atoms with Crippen molar-refractivity contribution < 1.29 is 9.47 Å². The van der Waals surface area contributed by atoms with Crippen LogP contribution in [0.5, 0.6) is 0 Å². The molecule has 1 aliphatic carbocycles. The van der Waals surface area contributed by atoms with Crippen molar-refractivity contribution in [3.8, 4) is 0 Å². The maximum atomic E-state index is 5.99. The molecule has 6 nitrogen and oxygen atoms in total. The van der Waals surface area contributed by atoms with Gasteiger partial charge in [0.05, 0.1) is 25.4 Å². The minimum absolute atomic E-state index is 0.189. The van der Waals surface area contributed by atoms with E-state index in [9.17, 15) is 0 Å². The molecule has 0 amide bonds. The van der Waals surface area contributed by atoms with Crippen LogP contribution in [0.3, 0.4) is 0 Å². The maximum Gasteiger partial charge on any atom is 0.191 e. The van der Waals surface area contributed by atoms with Crippen molar-refractivity contribution in [2.24, 2.45) is 10.4 Å². The number of nitrogens with one attached hydrogen (secondary N) is 2.